The van der Waals surface area contributed by atoms with Crippen molar-refractivity contribution in [1.82, 2.24) is 4.72 Å². The molecule has 0 saturated carbocycles. The lowest BCUT2D eigenvalue weighted by Gasteiger charge is -2.14. The highest BCUT2D eigenvalue weighted by atomic mass is 32.2. The molecule has 27 heavy (non-hydrogen) atoms. The van der Waals surface area contributed by atoms with Crippen LogP contribution in [-0.2, 0) is 10.0 Å². The van der Waals surface area contributed by atoms with E-state index in [4.69, 9.17) is 9.47 Å². The third-order valence-electron chi connectivity index (χ3n) is 3.86. The van der Waals surface area contributed by atoms with Gasteiger partial charge in [-0.05, 0) is 49.2 Å². The molecule has 0 atom stereocenters. The van der Waals surface area contributed by atoms with Crippen molar-refractivity contribution in [1.29, 1.82) is 0 Å². The number of nitrogens with one attached hydrogen (secondary N) is 2. The van der Waals surface area contributed by atoms with Crippen LogP contribution in [0.25, 0.3) is 0 Å². The molecule has 7 nitrogen and oxygen atoms in total. The number of carbonyl (C=O) groups is 1. The number of amides is 1. The van der Waals surface area contributed by atoms with Crippen LogP contribution in [0.15, 0.2) is 41.3 Å². The van der Waals surface area contributed by atoms with Crippen LogP contribution in [0.1, 0.15) is 29.3 Å². The number of ether oxygens (including phenoxy) is 2. The fourth-order valence-corrected chi connectivity index (χ4v) is 3.78. The van der Waals surface area contributed by atoms with Gasteiger partial charge in [0.25, 0.3) is 5.91 Å². The van der Waals surface area contributed by atoms with Crippen LogP contribution in [0.3, 0.4) is 0 Å². The van der Waals surface area contributed by atoms with E-state index >= 15 is 0 Å². The van der Waals surface area contributed by atoms with Crippen molar-refractivity contribution in [3.8, 4) is 11.5 Å². The number of hydrogen-bond donors (Lipinski definition) is 2. The number of methoxy groups -OCH3 is 2. The number of aryl methyl sites for hydroxylation is 1. The lowest BCUT2D eigenvalue weighted by molar-refractivity contribution is 0.102. The summed E-state index contributed by atoms with van der Waals surface area (Å²) >= 11 is 0. The first-order chi connectivity index (χ1) is 12.8. The van der Waals surface area contributed by atoms with Gasteiger partial charge in [0, 0.05) is 12.1 Å². The third kappa shape index (κ3) is 4.99. The molecule has 2 aromatic rings. The first kappa shape index (κ1) is 20.7. The van der Waals surface area contributed by atoms with Crippen molar-refractivity contribution in [3.63, 3.8) is 0 Å². The maximum atomic E-state index is 12.7. The average molecular weight is 392 g/mol. The summed E-state index contributed by atoms with van der Waals surface area (Å²) in [6.45, 7) is 4.05. The predicted molar refractivity (Wildman–Crippen MR) is 104 cm³/mol. The number of benzene rings is 2. The highest BCUT2D eigenvalue weighted by Crippen LogP contribution is 2.28. The third-order valence-corrected chi connectivity index (χ3v) is 5.34. The first-order valence-electron chi connectivity index (χ1n) is 8.46. The Labute approximate surface area is 159 Å². The Morgan fingerprint density at radius 2 is 1.70 bits per heavy atom. The van der Waals surface area contributed by atoms with Crippen LogP contribution in [0.2, 0.25) is 0 Å². The fraction of sp³-hybridized carbons (Fsp3) is 0.316. The zero-order chi connectivity index (χ0) is 20.0. The molecular weight excluding hydrogens is 368 g/mol. The van der Waals surface area contributed by atoms with Crippen LogP contribution in [0, 0.1) is 6.92 Å². The van der Waals surface area contributed by atoms with Crippen LogP contribution in [0.4, 0.5) is 5.69 Å². The number of sulfonamides is 1. The van der Waals surface area contributed by atoms with E-state index in [0.717, 1.165) is 5.56 Å². The summed E-state index contributed by atoms with van der Waals surface area (Å²) in [5, 5.41) is 2.76. The second-order valence-electron chi connectivity index (χ2n) is 5.92. The smallest absolute Gasteiger partial charge is 0.255 e. The van der Waals surface area contributed by atoms with Crippen LogP contribution in [-0.4, -0.2) is 35.1 Å². The van der Waals surface area contributed by atoms with Gasteiger partial charge in [-0.15, -0.1) is 0 Å². The van der Waals surface area contributed by atoms with Crippen molar-refractivity contribution in [3.05, 3.63) is 47.5 Å². The molecule has 0 radical (unpaired) electrons. The SMILES string of the molecule is CCCNS(=O)(=O)c1cc(C(=O)Nc2cc(C)ccc2OC)ccc1OC. The van der Waals surface area contributed by atoms with E-state index in [1.54, 1.807) is 12.1 Å². The van der Waals surface area contributed by atoms with E-state index in [1.807, 2.05) is 19.9 Å². The summed E-state index contributed by atoms with van der Waals surface area (Å²) < 4.78 is 37.9. The van der Waals surface area contributed by atoms with Gasteiger partial charge in [0.15, 0.2) is 0 Å². The van der Waals surface area contributed by atoms with Gasteiger partial charge in [-0.1, -0.05) is 13.0 Å². The topological polar surface area (TPSA) is 93.7 Å². The Kier molecular flexibility index (Phi) is 6.81. The minimum Gasteiger partial charge on any atom is -0.495 e. The second kappa shape index (κ2) is 8.88. The Morgan fingerprint density at radius 3 is 2.33 bits per heavy atom. The fourth-order valence-electron chi connectivity index (χ4n) is 2.46. The Hall–Kier alpha value is -2.58. The lowest BCUT2D eigenvalue weighted by atomic mass is 10.1. The molecule has 0 aliphatic rings. The molecule has 2 N–H and O–H groups in total. The molecule has 0 aliphatic heterocycles. The van der Waals surface area contributed by atoms with Gasteiger partial charge < -0.3 is 14.8 Å². The quantitative estimate of drug-likeness (QED) is 0.720. The van der Waals surface area contributed by atoms with Crippen LogP contribution < -0.4 is 19.5 Å². The lowest BCUT2D eigenvalue weighted by Crippen LogP contribution is -2.25. The Bertz CT molecular complexity index is 926. The predicted octanol–water partition coefficient (Wildman–Crippen LogP) is 2.95. The second-order valence-corrected chi connectivity index (χ2v) is 7.66. The van der Waals surface area contributed by atoms with Crippen molar-refractivity contribution in [2.45, 2.75) is 25.2 Å². The molecule has 0 spiro atoms. The maximum Gasteiger partial charge on any atom is 0.255 e. The summed E-state index contributed by atoms with van der Waals surface area (Å²) in [5.74, 6) is 0.233. The van der Waals surface area contributed by atoms with E-state index in [0.29, 0.717) is 24.4 Å². The summed E-state index contributed by atoms with van der Waals surface area (Å²) in [5.41, 5.74) is 1.65. The summed E-state index contributed by atoms with van der Waals surface area (Å²) in [6.07, 6.45) is 0.648. The highest BCUT2D eigenvalue weighted by molar-refractivity contribution is 7.89. The van der Waals surface area contributed by atoms with Crippen molar-refractivity contribution in [2.24, 2.45) is 0 Å². The summed E-state index contributed by atoms with van der Waals surface area (Å²) in [6, 6.07) is 9.67. The van der Waals surface area contributed by atoms with E-state index in [-0.39, 0.29) is 16.2 Å². The van der Waals surface area contributed by atoms with Gasteiger partial charge in [-0.3, -0.25) is 4.79 Å². The summed E-state index contributed by atoms with van der Waals surface area (Å²) in [4.78, 5) is 12.6. The Balaban J connectivity index is 2.38. The van der Waals surface area contributed by atoms with Crippen molar-refractivity contribution >= 4 is 21.6 Å². The normalized spacial score (nSPS) is 11.1. The molecule has 0 fully saturated rings. The molecule has 1 amide bonds. The minimum atomic E-state index is -3.79. The molecule has 0 aliphatic carbocycles. The molecule has 0 bridgehead atoms. The highest BCUT2D eigenvalue weighted by Gasteiger charge is 2.21. The number of anilines is 1. The molecule has 0 unspecified atom stereocenters. The van der Waals surface area contributed by atoms with E-state index < -0.39 is 15.9 Å². The Morgan fingerprint density at radius 1 is 1.04 bits per heavy atom. The number of rotatable bonds is 8. The van der Waals surface area contributed by atoms with Gasteiger partial charge in [0.05, 0.1) is 19.9 Å². The van der Waals surface area contributed by atoms with E-state index in [9.17, 15) is 13.2 Å². The molecule has 0 saturated heterocycles. The van der Waals surface area contributed by atoms with Gasteiger partial charge >= 0.3 is 0 Å². The van der Waals surface area contributed by atoms with Crippen molar-refractivity contribution < 1.29 is 22.7 Å². The molecule has 2 rings (SSSR count). The molecule has 2 aromatic carbocycles. The number of hydrogen-bond acceptors (Lipinski definition) is 5. The van der Waals surface area contributed by atoms with E-state index in [2.05, 4.69) is 10.0 Å². The molecular formula is C19H24N2O5S. The monoisotopic (exact) mass is 392 g/mol. The molecule has 0 aromatic heterocycles. The summed E-state index contributed by atoms with van der Waals surface area (Å²) in [7, 11) is -0.901. The van der Waals surface area contributed by atoms with Gasteiger partial charge in [0.2, 0.25) is 10.0 Å². The van der Waals surface area contributed by atoms with E-state index in [1.165, 1.54) is 32.4 Å². The molecule has 146 valence electrons. The van der Waals surface area contributed by atoms with Gasteiger partial charge in [0.1, 0.15) is 16.4 Å². The van der Waals surface area contributed by atoms with Gasteiger partial charge in [-0.2, -0.15) is 0 Å². The van der Waals surface area contributed by atoms with Crippen LogP contribution >= 0.6 is 0 Å². The van der Waals surface area contributed by atoms with Crippen LogP contribution in [0.5, 0.6) is 11.5 Å². The maximum absolute atomic E-state index is 12.7. The average Bonchev–Trinajstić information content (AvgIpc) is 2.66. The van der Waals surface area contributed by atoms with Gasteiger partial charge in [-0.25, -0.2) is 13.1 Å². The first-order valence-corrected chi connectivity index (χ1v) is 9.94. The van der Waals surface area contributed by atoms with Crippen molar-refractivity contribution in [2.75, 3.05) is 26.1 Å². The number of carbonyl (C=O) groups excluding carboxylic acids is 1. The molecule has 0 heterocycles. The largest absolute Gasteiger partial charge is 0.495 e. The zero-order valence-corrected chi connectivity index (χ0v) is 16.6. The molecule has 8 heteroatoms. The standard InChI is InChI=1S/C19H24N2O5S/c1-5-10-20-27(23,24)18-12-14(7-9-17(18)26-4)19(22)21-15-11-13(2)6-8-16(15)25-3/h6-9,11-12,20H,5,10H2,1-4H3,(H,21,22). The zero-order valence-electron chi connectivity index (χ0n) is 15.8. The minimum absolute atomic E-state index is 0.0812.